The molecule has 1 N–H and O–H groups in total. The normalized spacial score (nSPS) is 15.4. The molecule has 0 spiro atoms. The van der Waals surface area contributed by atoms with E-state index in [0.717, 1.165) is 12.1 Å². The van der Waals surface area contributed by atoms with Crippen LogP contribution in [0.15, 0.2) is 36.7 Å². The van der Waals surface area contributed by atoms with Gasteiger partial charge in [0.05, 0.1) is 12.8 Å². The van der Waals surface area contributed by atoms with Gasteiger partial charge in [0.15, 0.2) is 0 Å². The molecule has 7 nitrogen and oxygen atoms in total. The number of nitrogens with zero attached hydrogens (tertiary/aromatic N) is 3. The highest BCUT2D eigenvalue weighted by Gasteiger charge is 2.25. The summed E-state index contributed by atoms with van der Waals surface area (Å²) in [6.45, 7) is 2.47. The number of aromatic nitrogens is 2. The fourth-order valence-electron chi connectivity index (χ4n) is 2.76. The lowest BCUT2D eigenvalue weighted by molar-refractivity contribution is -0.119. The molecule has 3 rings (SSSR count). The summed E-state index contributed by atoms with van der Waals surface area (Å²) in [5, 5.41) is 6.92. The van der Waals surface area contributed by atoms with Crippen LogP contribution < -0.4 is 15.0 Å². The van der Waals surface area contributed by atoms with Gasteiger partial charge in [-0.05, 0) is 31.5 Å². The van der Waals surface area contributed by atoms with Crippen LogP contribution >= 0.6 is 0 Å². The number of anilines is 2. The Hall–Kier alpha value is -2.83. The van der Waals surface area contributed by atoms with E-state index >= 15 is 0 Å². The minimum atomic E-state index is -0.425. The molecule has 1 aliphatic rings. The molecule has 2 amide bonds. The molecule has 24 heavy (non-hydrogen) atoms. The Morgan fingerprint density at radius 3 is 2.88 bits per heavy atom. The van der Waals surface area contributed by atoms with Crippen LogP contribution in [0, 0.1) is 0 Å². The Morgan fingerprint density at radius 1 is 1.42 bits per heavy atom. The van der Waals surface area contributed by atoms with Gasteiger partial charge >= 0.3 is 0 Å². The van der Waals surface area contributed by atoms with Gasteiger partial charge < -0.3 is 15.0 Å². The third-order valence-corrected chi connectivity index (χ3v) is 4.11. The summed E-state index contributed by atoms with van der Waals surface area (Å²) < 4.78 is 6.99. The maximum atomic E-state index is 12.3. The van der Waals surface area contributed by atoms with Crippen molar-refractivity contribution in [2.45, 2.75) is 25.8 Å². The van der Waals surface area contributed by atoms with Crippen molar-refractivity contribution < 1.29 is 14.3 Å². The topological polar surface area (TPSA) is 76.5 Å². The number of rotatable bonds is 5. The van der Waals surface area contributed by atoms with Crippen molar-refractivity contribution in [1.29, 1.82) is 0 Å². The zero-order valence-corrected chi connectivity index (χ0v) is 13.7. The first-order valence-electron chi connectivity index (χ1n) is 7.88. The van der Waals surface area contributed by atoms with E-state index < -0.39 is 6.04 Å². The quantitative estimate of drug-likeness (QED) is 0.913. The van der Waals surface area contributed by atoms with Crippen LogP contribution in [0.2, 0.25) is 0 Å². The average Bonchev–Trinajstić information content (AvgIpc) is 3.25. The zero-order valence-electron chi connectivity index (χ0n) is 13.7. The highest BCUT2D eigenvalue weighted by Crippen LogP contribution is 2.34. The van der Waals surface area contributed by atoms with Gasteiger partial charge in [-0.2, -0.15) is 5.10 Å². The van der Waals surface area contributed by atoms with Crippen LogP contribution in [0.5, 0.6) is 5.75 Å². The highest BCUT2D eigenvalue weighted by molar-refractivity contribution is 5.98. The minimum Gasteiger partial charge on any atom is -0.494 e. The number of hydrogen-bond acceptors (Lipinski definition) is 4. The van der Waals surface area contributed by atoms with E-state index in [1.807, 2.05) is 0 Å². The van der Waals surface area contributed by atoms with E-state index in [-0.39, 0.29) is 11.8 Å². The van der Waals surface area contributed by atoms with Crippen LogP contribution in [-0.2, 0) is 9.59 Å². The Balaban J connectivity index is 1.77. The van der Waals surface area contributed by atoms with Crippen molar-refractivity contribution in [2.75, 3.05) is 23.9 Å². The number of carbonyl (C=O) groups excluding carboxylic acids is 2. The third kappa shape index (κ3) is 3.10. The minimum absolute atomic E-state index is 0.0948. The van der Waals surface area contributed by atoms with Crippen LogP contribution in [-0.4, -0.2) is 35.2 Å². The second kappa shape index (κ2) is 6.74. The number of methoxy groups -OCH3 is 1. The molecule has 2 heterocycles. The van der Waals surface area contributed by atoms with Gasteiger partial charge in [-0.25, -0.2) is 0 Å². The summed E-state index contributed by atoms with van der Waals surface area (Å²) in [6, 6.07) is 6.65. The van der Waals surface area contributed by atoms with Crippen molar-refractivity contribution in [3.05, 3.63) is 36.7 Å². The van der Waals surface area contributed by atoms with Gasteiger partial charge in [0.2, 0.25) is 11.8 Å². The van der Waals surface area contributed by atoms with Crippen molar-refractivity contribution >= 4 is 23.2 Å². The van der Waals surface area contributed by atoms with Gasteiger partial charge in [-0.3, -0.25) is 14.3 Å². The smallest absolute Gasteiger partial charge is 0.248 e. The number of ether oxygens (including phenoxy) is 1. The zero-order chi connectivity index (χ0) is 17.1. The molecular formula is C17H20N4O3. The van der Waals surface area contributed by atoms with E-state index in [1.165, 1.54) is 0 Å². The predicted octanol–water partition coefficient (Wildman–Crippen LogP) is 2.22. The predicted molar refractivity (Wildman–Crippen MR) is 90.1 cm³/mol. The summed E-state index contributed by atoms with van der Waals surface area (Å²) in [4.78, 5) is 26.0. The third-order valence-electron chi connectivity index (χ3n) is 4.11. The van der Waals surface area contributed by atoms with Crippen molar-refractivity contribution in [1.82, 2.24) is 9.78 Å². The maximum absolute atomic E-state index is 12.3. The molecule has 2 aromatic rings. The number of carbonyl (C=O) groups is 2. The van der Waals surface area contributed by atoms with E-state index in [1.54, 1.807) is 60.3 Å². The molecule has 1 aliphatic heterocycles. The number of nitrogens with one attached hydrogen (secondary N) is 1. The van der Waals surface area contributed by atoms with Crippen LogP contribution in [0.1, 0.15) is 25.8 Å². The Morgan fingerprint density at radius 2 is 2.25 bits per heavy atom. The largest absolute Gasteiger partial charge is 0.494 e. The molecule has 1 saturated heterocycles. The summed E-state index contributed by atoms with van der Waals surface area (Å²) in [6.07, 6.45) is 4.78. The average molecular weight is 328 g/mol. The number of amides is 2. The molecule has 1 aromatic heterocycles. The molecular weight excluding hydrogens is 308 g/mol. The van der Waals surface area contributed by atoms with E-state index in [9.17, 15) is 9.59 Å². The first kappa shape index (κ1) is 16.0. The van der Waals surface area contributed by atoms with Gasteiger partial charge in [-0.1, -0.05) is 0 Å². The van der Waals surface area contributed by atoms with Gasteiger partial charge in [0.25, 0.3) is 0 Å². The molecule has 1 unspecified atom stereocenters. The lowest BCUT2D eigenvalue weighted by Gasteiger charge is -2.20. The second-order valence-electron chi connectivity index (χ2n) is 5.69. The molecule has 0 radical (unpaired) electrons. The summed E-state index contributed by atoms with van der Waals surface area (Å²) >= 11 is 0. The number of benzene rings is 1. The Kier molecular flexibility index (Phi) is 4.50. The molecule has 1 aromatic carbocycles. The van der Waals surface area contributed by atoms with Crippen molar-refractivity contribution in [2.24, 2.45) is 0 Å². The fourth-order valence-corrected chi connectivity index (χ4v) is 2.76. The second-order valence-corrected chi connectivity index (χ2v) is 5.69. The van der Waals surface area contributed by atoms with Gasteiger partial charge in [-0.15, -0.1) is 0 Å². The fraction of sp³-hybridized carbons (Fsp3) is 0.353. The van der Waals surface area contributed by atoms with Gasteiger partial charge in [0.1, 0.15) is 11.8 Å². The summed E-state index contributed by atoms with van der Waals surface area (Å²) in [5.41, 5.74) is 1.35. The molecule has 1 fully saturated rings. The SMILES string of the molecule is COc1cc(NC(=O)C(C)n2cccn2)ccc1N1CCCC1=O. The van der Waals surface area contributed by atoms with E-state index in [4.69, 9.17) is 4.74 Å². The Labute approximate surface area is 140 Å². The molecule has 1 atom stereocenters. The lowest BCUT2D eigenvalue weighted by Crippen LogP contribution is -2.25. The van der Waals surface area contributed by atoms with Crippen LogP contribution in [0.3, 0.4) is 0 Å². The first-order chi connectivity index (χ1) is 11.6. The monoisotopic (exact) mass is 328 g/mol. The summed E-state index contributed by atoms with van der Waals surface area (Å²) in [5.74, 6) is 0.484. The molecule has 126 valence electrons. The van der Waals surface area contributed by atoms with Crippen LogP contribution in [0.4, 0.5) is 11.4 Å². The highest BCUT2D eigenvalue weighted by atomic mass is 16.5. The molecule has 7 heteroatoms. The molecule has 0 saturated carbocycles. The standard InChI is InChI=1S/C17H20N4O3/c1-12(21-10-4-8-18-21)17(23)19-13-6-7-14(15(11-13)24-2)20-9-3-5-16(20)22/h4,6-8,10-12H,3,5,9H2,1-2H3,(H,19,23). The maximum Gasteiger partial charge on any atom is 0.248 e. The Bertz CT molecular complexity index is 742. The van der Waals surface area contributed by atoms with Crippen molar-refractivity contribution in [3.63, 3.8) is 0 Å². The van der Waals surface area contributed by atoms with Crippen molar-refractivity contribution in [3.8, 4) is 5.75 Å². The van der Waals surface area contributed by atoms with E-state index in [0.29, 0.717) is 24.4 Å². The lowest BCUT2D eigenvalue weighted by atomic mass is 10.2. The molecule has 0 bridgehead atoms. The first-order valence-corrected chi connectivity index (χ1v) is 7.88. The van der Waals surface area contributed by atoms with Gasteiger partial charge in [0, 0.05) is 37.1 Å². The number of hydrogen-bond donors (Lipinski definition) is 1. The summed E-state index contributed by atoms with van der Waals surface area (Å²) in [7, 11) is 1.55. The van der Waals surface area contributed by atoms with Crippen LogP contribution in [0.25, 0.3) is 0 Å². The molecule has 0 aliphatic carbocycles. The van der Waals surface area contributed by atoms with E-state index in [2.05, 4.69) is 10.4 Å².